The molecule has 6 heteroatoms. The first-order chi connectivity index (χ1) is 4.06. The summed E-state index contributed by atoms with van der Waals surface area (Å²) in [6.07, 6.45) is -5.40. The Morgan fingerprint density at radius 2 is 1.89 bits per heavy atom. The van der Waals surface area contributed by atoms with Crippen LogP contribution in [0.25, 0.3) is 0 Å². The van der Waals surface area contributed by atoms with Crippen molar-refractivity contribution in [3.63, 3.8) is 0 Å². The van der Waals surface area contributed by atoms with Gasteiger partial charge in [0.05, 0.1) is 13.0 Å². The lowest BCUT2D eigenvalue weighted by molar-refractivity contribution is -0.492. The van der Waals surface area contributed by atoms with E-state index in [1.165, 1.54) is 0 Å². The first kappa shape index (κ1) is 8.67. The van der Waals surface area contributed by atoms with Crippen LogP contribution in [-0.2, 0) is 9.93 Å². The van der Waals surface area contributed by atoms with Gasteiger partial charge in [-0.25, -0.2) is 10.1 Å². The van der Waals surface area contributed by atoms with Crippen LogP contribution in [0.2, 0.25) is 0 Å². The van der Waals surface area contributed by atoms with E-state index in [2.05, 4.69) is 9.93 Å². The third-order valence-electron chi connectivity index (χ3n) is 0.522. The molecule has 0 saturated heterocycles. The van der Waals surface area contributed by atoms with Crippen molar-refractivity contribution in [2.45, 2.75) is 12.6 Å². The van der Waals surface area contributed by atoms with Crippen LogP contribution in [0, 0.1) is 0 Å². The molecule has 0 aromatic rings. The highest BCUT2D eigenvalue weighted by Crippen LogP contribution is 2.18. The van der Waals surface area contributed by atoms with E-state index in [1.807, 2.05) is 0 Å². The van der Waals surface area contributed by atoms with Crippen molar-refractivity contribution in [2.75, 3.05) is 6.61 Å². The molecule has 0 aromatic carbocycles. The highest BCUT2D eigenvalue weighted by atomic mass is 19.4. The predicted molar refractivity (Wildman–Crippen MR) is 20.3 cm³/mol. The number of halogens is 3. The maximum atomic E-state index is 11.2. The minimum Gasteiger partial charge on any atom is -0.221 e. The van der Waals surface area contributed by atoms with Gasteiger partial charge in [0.25, 0.3) is 0 Å². The summed E-state index contributed by atoms with van der Waals surface area (Å²) in [6.45, 7) is -0.694. The van der Waals surface area contributed by atoms with Gasteiger partial charge in [-0.1, -0.05) is 5.04 Å². The summed E-state index contributed by atoms with van der Waals surface area (Å²) in [5.74, 6) is 0. The normalized spacial score (nSPS) is 12.0. The number of rotatable bonds is 3. The van der Waals surface area contributed by atoms with E-state index in [0.717, 1.165) is 0 Å². The molecule has 0 aliphatic carbocycles. The van der Waals surface area contributed by atoms with E-state index in [0.29, 0.717) is 0 Å². The third-order valence-corrected chi connectivity index (χ3v) is 0.522. The second kappa shape index (κ2) is 3.65. The van der Waals surface area contributed by atoms with Gasteiger partial charge >= 0.3 is 6.18 Å². The lowest BCUT2D eigenvalue weighted by Crippen LogP contribution is -2.11. The molecule has 0 saturated carbocycles. The average Bonchev–Trinajstić information content (AvgIpc) is 1.63. The average molecular weight is 146 g/mol. The zero-order valence-electron chi connectivity index (χ0n) is 4.31. The predicted octanol–water partition coefficient (Wildman–Crippen LogP) is 1.36. The van der Waals surface area contributed by atoms with Crippen molar-refractivity contribution >= 4 is 0 Å². The van der Waals surface area contributed by atoms with Crippen molar-refractivity contribution < 1.29 is 28.4 Å². The molecule has 1 N–H and O–H groups in total. The van der Waals surface area contributed by atoms with Gasteiger partial charge < -0.3 is 0 Å². The highest BCUT2D eigenvalue weighted by Gasteiger charge is 2.26. The van der Waals surface area contributed by atoms with Crippen LogP contribution in [0.15, 0.2) is 0 Å². The van der Waals surface area contributed by atoms with Crippen LogP contribution in [-0.4, -0.2) is 18.0 Å². The lowest BCUT2D eigenvalue weighted by atomic mass is 10.5. The maximum Gasteiger partial charge on any atom is 0.391 e. The Bertz CT molecular complexity index is 71.2. The minimum atomic E-state index is -4.27. The van der Waals surface area contributed by atoms with Crippen molar-refractivity contribution in [3.05, 3.63) is 0 Å². The molecule has 56 valence electrons. The SMILES string of the molecule is OOOCCC(F)(F)F. The Balaban J connectivity index is 3.07. The molecule has 9 heavy (non-hydrogen) atoms. The molecule has 0 amide bonds. The highest BCUT2D eigenvalue weighted by molar-refractivity contribution is 4.45. The zero-order valence-corrected chi connectivity index (χ0v) is 4.31. The molecule has 0 aliphatic heterocycles. The van der Waals surface area contributed by atoms with E-state index < -0.39 is 19.2 Å². The number of hydrogen-bond acceptors (Lipinski definition) is 3. The molecule has 0 rings (SSSR count). The smallest absolute Gasteiger partial charge is 0.221 e. The fraction of sp³-hybridized carbons (Fsp3) is 1.00. The topological polar surface area (TPSA) is 38.7 Å². The largest absolute Gasteiger partial charge is 0.391 e. The van der Waals surface area contributed by atoms with Gasteiger partial charge in [0, 0.05) is 0 Å². The van der Waals surface area contributed by atoms with Crippen LogP contribution in [0.3, 0.4) is 0 Å². The Kier molecular flexibility index (Phi) is 3.52. The van der Waals surface area contributed by atoms with Crippen LogP contribution in [0.4, 0.5) is 13.2 Å². The Morgan fingerprint density at radius 1 is 1.33 bits per heavy atom. The second-order valence-corrected chi connectivity index (χ2v) is 1.26. The summed E-state index contributed by atoms with van der Waals surface area (Å²) in [6, 6.07) is 0. The number of alkyl halides is 3. The Hall–Kier alpha value is -0.330. The van der Waals surface area contributed by atoms with E-state index in [-0.39, 0.29) is 0 Å². The maximum absolute atomic E-state index is 11.2. The van der Waals surface area contributed by atoms with Gasteiger partial charge in [0.1, 0.15) is 0 Å². The van der Waals surface area contributed by atoms with Gasteiger partial charge in [-0.2, -0.15) is 13.2 Å². The van der Waals surface area contributed by atoms with Crippen molar-refractivity contribution in [3.8, 4) is 0 Å². The molecule has 3 nitrogen and oxygen atoms in total. The van der Waals surface area contributed by atoms with Gasteiger partial charge in [0.15, 0.2) is 0 Å². The van der Waals surface area contributed by atoms with Crippen LogP contribution in [0.1, 0.15) is 6.42 Å². The fourth-order valence-electron chi connectivity index (χ4n) is 0.195. The summed E-state index contributed by atoms with van der Waals surface area (Å²) in [7, 11) is 0. The number of hydrogen-bond donors (Lipinski definition) is 1. The molecule has 0 spiro atoms. The monoisotopic (exact) mass is 146 g/mol. The summed E-state index contributed by atoms with van der Waals surface area (Å²) in [5.41, 5.74) is 0. The quantitative estimate of drug-likeness (QED) is 0.371. The van der Waals surface area contributed by atoms with Gasteiger partial charge in [-0.05, 0) is 0 Å². The molecule has 0 unspecified atom stereocenters. The van der Waals surface area contributed by atoms with E-state index >= 15 is 0 Å². The van der Waals surface area contributed by atoms with E-state index in [9.17, 15) is 13.2 Å². The molecule has 0 aliphatic rings. The van der Waals surface area contributed by atoms with Crippen molar-refractivity contribution in [1.29, 1.82) is 0 Å². The zero-order chi connectivity index (χ0) is 7.33. The van der Waals surface area contributed by atoms with Crippen LogP contribution >= 0.6 is 0 Å². The summed E-state index contributed by atoms with van der Waals surface area (Å²) < 4.78 is 33.5. The standard InChI is InChI=1S/C3H5F3O3/c4-3(5,6)1-2-8-9-7/h7H,1-2H2. The van der Waals surface area contributed by atoms with Gasteiger partial charge in [-0.3, -0.25) is 0 Å². The van der Waals surface area contributed by atoms with Gasteiger partial charge in [0.2, 0.25) is 0 Å². The molecular formula is C3H5F3O3. The minimum absolute atomic E-state index is 0.694. The van der Waals surface area contributed by atoms with E-state index in [4.69, 9.17) is 5.26 Å². The Labute approximate surface area is 48.8 Å². The van der Waals surface area contributed by atoms with Crippen LogP contribution < -0.4 is 0 Å². The van der Waals surface area contributed by atoms with Crippen molar-refractivity contribution in [2.24, 2.45) is 0 Å². The van der Waals surface area contributed by atoms with Crippen LogP contribution in [0.5, 0.6) is 0 Å². The molecule has 0 bridgehead atoms. The fourth-order valence-corrected chi connectivity index (χ4v) is 0.195. The summed E-state index contributed by atoms with van der Waals surface area (Å²) >= 11 is 0. The summed E-state index contributed by atoms with van der Waals surface area (Å²) in [5, 5.41) is 10.3. The first-order valence-electron chi connectivity index (χ1n) is 2.06. The molecule has 0 atom stereocenters. The molecular weight excluding hydrogens is 141 g/mol. The lowest BCUT2D eigenvalue weighted by Gasteiger charge is -2.02. The van der Waals surface area contributed by atoms with E-state index in [1.54, 1.807) is 0 Å². The first-order valence-corrected chi connectivity index (χ1v) is 2.06. The molecule has 0 aromatic heterocycles. The second-order valence-electron chi connectivity index (χ2n) is 1.26. The Morgan fingerprint density at radius 3 is 2.22 bits per heavy atom. The third kappa shape index (κ3) is 7.67. The molecule has 0 radical (unpaired) electrons. The molecule has 0 heterocycles. The van der Waals surface area contributed by atoms with Gasteiger partial charge in [-0.15, -0.1) is 0 Å². The molecule has 0 fully saturated rings. The van der Waals surface area contributed by atoms with Crippen molar-refractivity contribution in [1.82, 2.24) is 0 Å². The summed E-state index contributed by atoms with van der Waals surface area (Å²) in [4.78, 5) is 3.55.